The maximum Gasteiger partial charge on any atom is 0.490 e. The fourth-order valence-corrected chi connectivity index (χ4v) is 9.25. The molecule has 0 aromatic carbocycles. The molecule has 3 saturated heterocycles. The van der Waals surface area contributed by atoms with E-state index in [1.165, 1.54) is 19.3 Å². The molecule has 5 fully saturated rings. The Morgan fingerprint density at radius 3 is 2.30 bits per heavy atom. The highest BCUT2D eigenvalue weighted by atomic mass is 19.4. The predicted molar refractivity (Wildman–Crippen MR) is 188 cm³/mol. The maximum atomic E-state index is 14.8. The number of anilines is 1. The van der Waals surface area contributed by atoms with Crippen molar-refractivity contribution in [3.8, 4) is 0 Å². The van der Waals surface area contributed by atoms with E-state index in [4.69, 9.17) is 25.4 Å². The quantitative estimate of drug-likeness (QED) is 0.337. The van der Waals surface area contributed by atoms with Crippen LogP contribution >= 0.6 is 0 Å². The van der Waals surface area contributed by atoms with E-state index in [-0.39, 0.29) is 23.1 Å². The molecule has 13 nitrogen and oxygen atoms in total. The molecule has 1 spiro atoms. The Hall–Kier alpha value is -3.95. The van der Waals surface area contributed by atoms with E-state index >= 15 is 0 Å². The van der Waals surface area contributed by atoms with E-state index < -0.39 is 47.4 Å². The molecular formula is C37H52F3N7O6. The second-order valence-corrected chi connectivity index (χ2v) is 16.5. The van der Waals surface area contributed by atoms with Crippen LogP contribution in [-0.4, -0.2) is 111 Å². The van der Waals surface area contributed by atoms with Crippen LogP contribution in [0.5, 0.6) is 0 Å². The average Bonchev–Trinajstić information content (AvgIpc) is 3.44. The zero-order valence-corrected chi connectivity index (χ0v) is 30.7. The van der Waals surface area contributed by atoms with Crippen molar-refractivity contribution >= 4 is 40.4 Å². The normalized spacial score (nSPS) is 28.2. The van der Waals surface area contributed by atoms with Gasteiger partial charge in [-0.15, -0.1) is 0 Å². The van der Waals surface area contributed by atoms with Gasteiger partial charge in [0.25, 0.3) is 0 Å². The van der Waals surface area contributed by atoms with Crippen LogP contribution in [0.4, 0.5) is 19.0 Å². The standard InChI is InChI=1S/C35H51N7O4.C2HF3O2/c1-22(46-19-23-10-6-4-7-11-23)27(33(45)40-14-8-5-9-15-40)29-35(21-42(29)32(44)25-16-34(25,2)3)20-41(18-26(35)30(36)43)31-28-24(12-13-37-31)17-38-39-28;3-2(4,5)1(6)7/h12-13,17,22-23,25-27,29H,4-11,14-16,18-21H2,1-3H3,(H2,36,43)(H,38,39);(H,6,7)/t22-,25-,26?,27-,29?,35?;/m1./s1. The lowest BCUT2D eigenvalue weighted by Crippen LogP contribution is -2.75. The van der Waals surface area contributed by atoms with E-state index in [2.05, 4.69) is 28.9 Å². The van der Waals surface area contributed by atoms with E-state index in [0.717, 1.165) is 49.4 Å². The Balaban J connectivity index is 0.000000626. The number of rotatable bonds is 9. The molecular weight excluding hydrogens is 695 g/mol. The molecule has 3 amide bonds. The van der Waals surface area contributed by atoms with E-state index in [0.29, 0.717) is 51.1 Å². The largest absolute Gasteiger partial charge is 0.490 e. The van der Waals surface area contributed by atoms with Gasteiger partial charge in [0.1, 0.15) is 5.52 Å². The number of amides is 3. The van der Waals surface area contributed by atoms with E-state index in [1.807, 2.05) is 22.8 Å². The summed E-state index contributed by atoms with van der Waals surface area (Å²) in [5.41, 5.74) is 6.26. The predicted octanol–water partition coefficient (Wildman–Crippen LogP) is 4.37. The molecule has 16 heteroatoms. The summed E-state index contributed by atoms with van der Waals surface area (Å²) in [4.78, 5) is 62.1. The molecule has 0 radical (unpaired) electrons. The molecule has 3 unspecified atom stereocenters. The van der Waals surface area contributed by atoms with Crippen LogP contribution in [0, 0.1) is 34.5 Å². The van der Waals surface area contributed by atoms with Crippen LogP contribution in [0.25, 0.3) is 10.9 Å². The molecule has 53 heavy (non-hydrogen) atoms. The summed E-state index contributed by atoms with van der Waals surface area (Å²) in [6.45, 7) is 9.55. The number of likely N-dealkylation sites (tertiary alicyclic amines) is 2. The van der Waals surface area contributed by atoms with Gasteiger partial charge in [0.2, 0.25) is 17.7 Å². The van der Waals surface area contributed by atoms with Crippen LogP contribution in [-0.2, 0) is 23.9 Å². The first kappa shape index (κ1) is 38.8. The first-order valence-electron chi connectivity index (χ1n) is 18.9. The lowest BCUT2D eigenvalue weighted by atomic mass is 9.59. The number of fused-ring (bicyclic) bond motifs is 1. The van der Waals surface area contributed by atoms with Gasteiger partial charge in [-0.05, 0) is 62.8 Å². The highest BCUT2D eigenvalue weighted by Crippen LogP contribution is 2.58. The Labute approximate surface area is 307 Å². The molecule has 3 aliphatic heterocycles. The van der Waals surface area contributed by atoms with Crippen molar-refractivity contribution in [2.24, 2.45) is 40.2 Å². The summed E-state index contributed by atoms with van der Waals surface area (Å²) >= 11 is 0. The van der Waals surface area contributed by atoms with E-state index in [1.54, 1.807) is 12.4 Å². The van der Waals surface area contributed by atoms with Crippen LogP contribution in [0.1, 0.15) is 78.6 Å². The molecule has 2 aromatic heterocycles. The summed E-state index contributed by atoms with van der Waals surface area (Å²) in [6.07, 6.45) is 7.92. The van der Waals surface area contributed by atoms with Crippen molar-refractivity contribution in [2.45, 2.75) is 96.9 Å². The fraction of sp³-hybridized carbons (Fsp3) is 0.730. The topological polar surface area (TPSA) is 175 Å². The Morgan fingerprint density at radius 1 is 1.06 bits per heavy atom. The van der Waals surface area contributed by atoms with Gasteiger partial charge in [0.05, 0.1) is 30.2 Å². The summed E-state index contributed by atoms with van der Waals surface area (Å²) in [6, 6.07) is 1.40. The molecule has 5 heterocycles. The minimum atomic E-state index is -5.08. The number of halogens is 3. The van der Waals surface area contributed by atoms with Crippen molar-refractivity contribution in [3.05, 3.63) is 18.5 Å². The third kappa shape index (κ3) is 7.83. The number of nitrogens with two attached hydrogens (primary N) is 1. The number of carbonyl (C=O) groups excluding carboxylic acids is 3. The number of nitrogens with one attached hydrogen (secondary N) is 1. The monoisotopic (exact) mass is 747 g/mol. The molecule has 6 atom stereocenters. The molecule has 2 aliphatic carbocycles. The third-order valence-corrected chi connectivity index (χ3v) is 12.4. The number of ether oxygens (including phenoxy) is 1. The summed E-state index contributed by atoms with van der Waals surface area (Å²) in [5, 5.41) is 15.4. The maximum absolute atomic E-state index is 14.8. The minimum Gasteiger partial charge on any atom is -0.475 e. The average molecular weight is 748 g/mol. The van der Waals surface area contributed by atoms with Crippen LogP contribution in [0.15, 0.2) is 18.5 Å². The minimum absolute atomic E-state index is 0.0447. The van der Waals surface area contributed by atoms with Gasteiger partial charge < -0.3 is 30.3 Å². The Kier molecular flexibility index (Phi) is 11.0. The number of carbonyl (C=O) groups is 4. The number of hydrogen-bond acceptors (Lipinski definition) is 8. The molecule has 4 N–H and O–H groups in total. The second-order valence-electron chi connectivity index (χ2n) is 16.5. The number of aromatic amines is 1. The van der Waals surface area contributed by atoms with Crippen LogP contribution < -0.4 is 10.6 Å². The number of piperidine rings is 1. The van der Waals surface area contributed by atoms with Crippen LogP contribution in [0.3, 0.4) is 0 Å². The highest BCUT2D eigenvalue weighted by Gasteiger charge is 2.69. The summed E-state index contributed by atoms with van der Waals surface area (Å²) < 4.78 is 38.4. The van der Waals surface area contributed by atoms with Gasteiger partial charge >= 0.3 is 12.1 Å². The molecule has 2 aromatic rings. The van der Waals surface area contributed by atoms with Crippen molar-refractivity contribution < 1.29 is 42.2 Å². The van der Waals surface area contributed by atoms with E-state index in [9.17, 15) is 27.6 Å². The number of H-pyrrole nitrogens is 1. The molecule has 2 saturated carbocycles. The zero-order chi connectivity index (χ0) is 38.3. The highest BCUT2D eigenvalue weighted by molar-refractivity contribution is 5.91. The number of aromatic nitrogens is 3. The molecule has 292 valence electrons. The van der Waals surface area contributed by atoms with Gasteiger partial charge in [-0.2, -0.15) is 18.3 Å². The molecule has 7 rings (SSSR count). The van der Waals surface area contributed by atoms with Crippen molar-refractivity contribution in [2.75, 3.05) is 44.2 Å². The third-order valence-electron chi connectivity index (χ3n) is 12.4. The van der Waals surface area contributed by atoms with Gasteiger partial charge in [0.15, 0.2) is 5.82 Å². The lowest BCUT2D eigenvalue weighted by molar-refractivity contribution is -0.192. The van der Waals surface area contributed by atoms with Gasteiger partial charge in [0, 0.05) is 62.2 Å². The number of aliphatic carboxylic acids is 1. The van der Waals surface area contributed by atoms with Crippen molar-refractivity contribution in [1.29, 1.82) is 0 Å². The number of hydrogen-bond donors (Lipinski definition) is 3. The number of pyridine rings is 1. The SMILES string of the molecule is C[C@@H](OCC1CCCCC1)[C@@H](C(=O)N1CCCCC1)C1N(C(=O)[C@H]2CC2(C)C)CC12CN(c1nccc3cn[nH]c13)CC2C(N)=O.O=C(O)C(F)(F)F. The number of primary amides is 1. The second kappa shape index (κ2) is 15.1. The first-order chi connectivity index (χ1) is 25.0. The van der Waals surface area contributed by atoms with Gasteiger partial charge in [-0.25, -0.2) is 9.78 Å². The van der Waals surface area contributed by atoms with Gasteiger partial charge in [-0.1, -0.05) is 33.1 Å². The fourth-order valence-electron chi connectivity index (χ4n) is 9.25. The Bertz CT molecular complexity index is 1670. The zero-order valence-electron chi connectivity index (χ0n) is 30.7. The summed E-state index contributed by atoms with van der Waals surface area (Å²) in [5.74, 6) is -3.06. The van der Waals surface area contributed by atoms with Gasteiger partial charge in [-0.3, -0.25) is 19.5 Å². The summed E-state index contributed by atoms with van der Waals surface area (Å²) in [7, 11) is 0. The smallest absolute Gasteiger partial charge is 0.475 e. The number of carboxylic acids is 1. The molecule has 5 aliphatic rings. The number of alkyl halides is 3. The number of carboxylic acid groups (broad SMARTS) is 1. The van der Waals surface area contributed by atoms with Crippen molar-refractivity contribution in [3.63, 3.8) is 0 Å². The molecule has 0 bridgehead atoms. The Morgan fingerprint density at radius 2 is 1.70 bits per heavy atom. The lowest BCUT2D eigenvalue weighted by Gasteiger charge is -2.61. The number of nitrogens with zero attached hydrogens (tertiary/aromatic N) is 5. The van der Waals surface area contributed by atoms with Crippen molar-refractivity contribution in [1.82, 2.24) is 25.0 Å². The first-order valence-corrected chi connectivity index (χ1v) is 18.9. The van der Waals surface area contributed by atoms with Crippen LogP contribution in [0.2, 0.25) is 0 Å².